The first kappa shape index (κ1) is 20.8. The van der Waals surface area contributed by atoms with Gasteiger partial charge in [0.1, 0.15) is 12.4 Å². The van der Waals surface area contributed by atoms with Gasteiger partial charge in [0.25, 0.3) is 5.56 Å². The average molecular weight is 401 g/mol. The molecule has 0 atom stereocenters. The number of hydrogen-bond acceptors (Lipinski definition) is 6. The normalized spacial score (nSPS) is 15.5. The second kappa shape index (κ2) is 8.64. The van der Waals surface area contributed by atoms with Gasteiger partial charge >= 0.3 is 11.7 Å². The Morgan fingerprint density at radius 1 is 1.21 bits per heavy atom. The lowest BCUT2D eigenvalue weighted by atomic mass is 9.88. The molecule has 0 aliphatic heterocycles. The molecule has 1 saturated carbocycles. The Morgan fingerprint density at radius 2 is 1.93 bits per heavy atom. The lowest BCUT2D eigenvalue weighted by Crippen LogP contribution is -2.31. The number of nitrogens with zero attached hydrogens (tertiary/aromatic N) is 4. The maximum Gasteiger partial charge on any atom is 0.330 e. The maximum absolute atomic E-state index is 12.6. The molecule has 9 heteroatoms. The molecule has 0 aromatic carbocycles. The number of hydrogen-bond donors (Lipinski definition) is 1. The van der Waals surface area contributed by atoms with Gasteiger partial charge < -0.3 is 9.30 Å². The van der Waals surface area contributed by atoms with E-state index in [1.165, 1.54) is 4.57 Å². The van der Waals surface area contributed by atoms with E-state index < -0.39 is 22.6 Å². The van der Waals surface area contributed by atoms with Crippen LogP contribution in [0.15, 0.2) is 9.59 Å². The summed E-state index contributed by atoms with van der Waals surface area (Å²) >= 11 is 0. The van der Waals surface area contributed by atoms with Gasteiger partial charge in [-0.1, -0.05) is 33.1 Å². The van der Waals surface area contributed by atoms with Crippen molar-refractivity contribution in [1.29, 1.82) is 5.26 Å². The molecule has 0 radical (unpaired) electrons. The van der Waals surface area contributed by atoms with E-state index in [0.29, 0.717) is 42.9 Å². The summed E-state index contributed by atoms with van der Waals surface area (Å²) in [6.07, 6.45) is 5.07. The van der Waals surface area contributed by atoms with Crippen molar-refractivity contribution in [3.05, 3.63) is 26.7 Å². The van der Waals surface area contributed by atoms with E-state index in [0.717, 1.165) is 32.1 Å². The van der Waals surface area contributed by atoms with Crippen molar-refractivity contribution in [2.45, 2.75) is 78.5 Å². The average Bonchev–Trinajstić information content (AvgIpc) is 3.32. The minimum atomic E-state index is -1.08. The number of carbonyl (C=O) groups is 1. The van der Waals surface area contributed by atoms with Crippen molar-refractivity contribution in [3.63, 3.8) is 0 Å². The number of fused-ring (bicyclic) bond motifs is 1. The SMILES string of the molecule is CCCCn1c(=O)[nH]c(=O)c2c1nc(COC(=O)C1(C#N)CCCC1)n2CCC. The third kappa shape index (κ3) is 3.84. The Hall–Kier alpha value is -2.89. The van der Waals surface area contributed by atoms with Gasteiger partial charge in [0.15, 0.2) is 16.6 Å². The van der Waals surface area contributed by atoms with Crippen molar-refractivity contribution < 1.29 is 9.53 Å². The van der Waals surface area contributed by atoms with Crippen LogP contribution in [0.5, 0.6) is 0 Å². The summed E-state index contributed by atoms with van der Waals surface area (Å²) in [5.41, 5.74) is -1.45. The van der Waals surface area contributed by atoms with Crippen molar-refractivity contribution in [3.8, 4) is 6.07 Å². The van der Waals surface area contributed by atoms with Crippen LogP contribution in [0.25, 0.3) is 11.2 Å². The Balaban J connectivity index is 1.99. The van der Waals surface area contributed by atoms with Crippen LogP contribution in [0.2, 0.25) is 0 Å². The van der Waals surface area contributed by atoms with Crippen LogP contribution < -0.4 is 11.2 Å². The van der Waals surface area contributed by atoms with Gasteiger partial charge in [-0.15, -0.1) is 0 Å². The second-order valence-electron chi connectivity index (χ2n) is 7.59. The molecule has 2 heterocycles. The highest BCUT2D eigenvalue weighted by atomic mass is 16.5. The molecule has 1 aliphatic rings. The first-order valence-corrected chi connectivity index (χ1v) is 10.3. The molecule has 1 aliphatic carbocycles. The highest BCUT2D eigenvalue weighted by molar-refractivity contribution is 5.80. The van der Waals surface area contributed by atoms with Crippen LogP contribution in [0.1, 0.15) is 64.6 Å². The van der Waals surface area contributed by atoms with Crippen LogP contribution in [0, 0.1) is 16.7 Å². The predicted octanol–water partition coefficient (Wildman–Crippen LogP) is 2.22. The lowest BCUT2D eigenvalue weighted by molar-refractivity contribution is -0.153. The molecule has 156 valence electrons. The van der Waals surface area contributed by atoms with E-state index in [9.17, 15) is 19.6 Å². The summed E-state index contributed by atoms with van der Waals surface area (Å²) in [4.78, 5) is 44.2. The number of aromatic amines is 1. The zero-order chi connectivity index (χ0) is 21.0. The molecule has 9 nitrogen and oxygen atoms in total. The van der Waals surface area contributed by atoms with Gasteiger partial charge in [-0.2, -0.15) is 5.26 Å². The number of nitrogens with one attached hydrogen (secondary N) is 1. The van der Waals surface area contributed by atoms with E-state index in [2.05, 4.69) is 16.0 Å². The molecule has 0 unspecified atom stereocenters. The number of imidazole rings is 1. The molecule has 2 aromatic rings. The van der Waals surface area contributed by atoms with Crippen LogP contribution in [-0.4, -0.2) is 25.1 Å². The molecule has 29 heavy (non-hydrogen) atoms. The van der Waals surface area contributed by atoms with E-state index in [-0.39, 0.29) is 6.61 Å². The summed E-state index contributed by atoms with van der Waals surface area (Å²) in [5.74, 6) is -0.132. The zero-order valence-corrected chi connectivity index (χ0v) is 17.0. The standard InChI is InChI=1S/C20H27N5O4/c1-3-5-11-25-16-15(17(26)23-19(25)28)24(10-4-2)14(22-16)12-29-18(27)20(13-21)8-6-7-9-20/h3-12H2,1-2H3,(H,23,26,28). The van der Waals surface area contributed by atoms with Crippen molar-refractivity contribution in [2.24, 2.45) is 5.41 Å². The fourth-order valence-electron chi connectivity index (χ4n) is 3.92. The van der Waals surface area contributed by atoms with Gasteiger partial charge in [0.05, 0.1) is 6.07 Å². The molecule has 0 amide bonds. The summed E-state index contributed by atoms with van der Waals surface area (Å²) in [5, 5.41) is 9.47. The number of nitriles is 1. The monoisotopic (exact) mass is 401 g/mol. The molecule has 2 aromatic heterocycles. The van der Waals surface area contributed by atoms with Gasteiger partial charge in [0, 0.05) is 13.1 Å². The Bertz CT molecular complexity index is 1050. The fourth-order valence-corrected chi connectivity index (χ4v) is 3.92. The number of rotatable bonds is 8. The van der Waals surface area contributed by atoms with Crippen LogP contribution >= 0.6 is 0 Å². The van der Waals surface area contributed by atoms with E-state index in [4.69, 9.17) is 4.74 Å². The molecule has 1 fully saturated rings. The summed E-state index contributed by atoms with van der Waals surface area (Å²) in [6, 6.07) is 2.13. The number of unbranched alkanes of at least 4 members (excludes halogenated alkanes) is 1. The van der Waals surface area contributed by atoms with E-state index >= 15 is 0 Å². The fraction of sp³-hybridized carbons (Fsp3) is 0.650. The summed E-state index contributed by atoms with van der Waals surface area (Å²) in [7, 11) is 0. The minimum Gasteiger partial charge on any atom is -0.456 e. The molecule has 0 bridgehead atoms. The Kier molecular flexibility index (Phi) is 6.20. The second-order valence-corrected chi connectivity index (χ2v) is 7.59. The smallest absolute Gasteiger partial charge is 0.330 e. The highest BCUT2D eigenvalue weighted by Gasteiger charge is 2.43. The largest absolute Gasteiger partial charge is 0.456 e. The molecular weight excluding hydrogens is 374 g/mol. The summed E-state index contributed by atoms with van der Waals surface area (Å²) < 4.78 is 8.64. The van der Waals surface area contributed by atoms with Crippen molar-refractivity contribution in [1.82, 2.24) is 19.1 Å². The molecular formula is C20H27N5O4. The number of carbonyl (C=O) groups excluding carboxylic acids is 1. The molecule has 3 rings (SSSR count). The van der Waals surface area contributed by atoms with Crippen LogP contribution in [0.4, 0.5) is 0 Å². The molecule has 1 N–H and O–H groups in total. The van der Waals surface area contributed by atoms with Crippen molar-refractivity contribution in [2.75, 3.05) is 0 Å². The third-order valence-corrected chi connectivity index (χ3v) is 5.54. The summed E-state index contributed by atoms with van der Waals surface area (Å²) in [6.45, 7) is 4.79. The maximum atomic E-state index is 12.6. The molecule has 0 spiro atoms. The highest BCUT2D eigenvalue weighted by Crippen LogP contribution is 2.38. The van der Waals surface area contributed by atoms with Crippen molar-refractivity contribution >= 4 is 17.1 Å². The predicted molar refractivity (Wildman–Crippen MR) is 106 cm³/mol. The number of aromatic nitrogens is 4. The van der Waals surface area contributed by atoms with Gasteiger partial charge in [-0.05, 0) is 25.7 Å². The first-order valence-electron chi connectivity index (χ1n) is 10.3. The van der Waals surface area contributed by atoms with Crippen LogP contribution in [-0.2, 0) is 29.2 Å². The number of esters is 1. The van der Waals surface area contributed by atoms with Gasteiger partial charge in [-0.3, -0.25) is 19.1 Å². The Labute approximate surface area is 168 Å². The third-order valence-electron chi connectivity index (χ3n) is 5.54. The molecule has 0 saturated heterocycles. The Morgan fingerprint density at radius 3 is 2.55 bits per heavy atom. The van der Waals surface area contributed by atoms with E-state index in [1.807, 2.05) is 13.8 Å². The number of ether oxygens (including phenoxy) is 1. The number of aryl methyl sites for hydroxylation is 2. The van der Waals surface area contributed by atoms with Crippen LogP contribution in [0.3, 0.4) is 0 Å². The van der Waals surface area contributed by atoms with Gasteiger partial charge in [0.2, 0.25) is 0 Å². The minimum absolute atomic E-state index is 0.141. The van der Waals surface area contributed by atoms with E-state index in [1.54, 1.807) is 4.57 Å². The lowest BCUT2D eigenvalue weighted by Gasteiger charge is -2.18. The first-order chi connectivity index (χ1) is 14.0. The number of H-pyrrole nitrogens is 1. The zero-order valence-electron chi connectivity index (χ0n) is 17.0. The quantitative estimate of drug-likeness (QED) is 0.677. The topological polar surface area (TPSA) is 123 Å². The van der Waals surface area contributed by atoms with Gasteiger partial charge in [-0.25, -0.2) is 9.78 Å².